The van der Waals surface area contributed by atoms with Crippen LogP contribution in [0.15, 0.2) is 25.2 Å². The molecule has 0 heterocycles. The minimum atomic E-state index is -0.597. The van der Waals surface area contributed by atoms with Crippen LogP contribution in [0.1, 0.15) is 129 Å². The Hall–Kier alpha value is -4.30. The summed E-state index contributed by atoms with van der Waals surface area (Å²) in [4.78, 5) is 59.3. The van der Waals surface area contributed by atoms with Gasteiger partial charge in [-0.1, -0.05) is 39.5 Å². The van der Waals surface area contributed by atoms with Crippen LogP contribution in [0.25, 0.3) is 0 Å². The van der Waals surface area contributed by atoms with Gasteiger partial charge in [-0.3, -0.25) is 24.6 Å². The third-order valence-corrected chi connectivity index (χ3v) is 8.73. The van der Waals surface area contributed by atoms with E-state index in [4.69, 9.17) is 22.6 Å². The Morgan fingerprint density at radius 1 is 0.647 bits per heavy atom. The van der Waals surface area contributed by atoms with Crippen LogP contribution in [0.4, 0.5) is 0 Å². The number of hydrazone groups is 2. The number of nitrogens with one attached hydrogen (secondary N) is 3. The van der Waals surface area contributed by atoms with Gasteiger partial charge < -0.3 is 32.2 Å². The zero-order valence-electron chi connectivity index (χ0n) is 31.4. The van der Waals surface area contributed by atoms with Crippen LogP contribution >= 0.6 is 0 Å². The summed E-state index contributed by atoms with van der Waals surface area (Å²) in [6, 6.07) is -0.301. The highest BCUT2D eigenvalue weighted by Gasteiger charge is 2.19. The van der Waals surface area contributed by atoms with Gasteiger partial charge in [-0.25, -0.2) is 10.9 Å². The molecule has 2 amide bonds. The van der Waals surface area contributed by atoms with Crippen LogP contribution in [0.5, 0.6) is 0 Å². The van der Waals surface area contributed by atoms with Gasteiger partial charge in [-0.05, 0) is 69.1 Å². The number of amides is 2. The molecule has 0 fully saturated rings. The van der Waals surface area contributed by atoms with E-state index in [1.165, 1.54) is 6.21 Å². The summed E-state index contributed by atoms with van der Waals surface area (Å²) in [7, 11) is 3.38. The maximum absolute atomic E-state index is 12.2. The number of aldehydes is 2. The Morgan fingerprint density at radius 2 is 1.10 bits per heavy atom. The second-order valence-corrected chi connectivity index (χ2v) is 13.1. The van der Waals surface area contributed by atoms with Gasteiger partial charge in [0.25, 0.3) is 0 Å². The number of nitrogens with zero attached hydrogens (tertiary/aromatic N) is 5. The number of hydrogen-bond acceptors (Lipinski definition) is 10. The Bertz CT molecular complexity index is 1180. The average Bonchev–Trinajstić information content (AvgIpc) is 3.10. The van der Waals surface area contributed by atoms with E-state index >= 15 is 0 Å². The Labute approximate surface area is 304 Å². The molecule has 51 heavy (non-hydrogen) atoms. The summed E-state index contributed by atoms with van der Waals surface area (Å²) < 4.78 is 0. The number of hydrogen-bond donors (Lipinski definition) is 6. The first-order valence-electron chi connectivity index (χ1n) is 18.3. The van der Waals surface area contributed by atoms with Crippen molar-refractivity contribution in [3.8, 4) is 0 Å². The molecule has 0 aromatic carbocycles. The van der Waals surface area contributed by atoms with E-state index in [1.807, 2.05) is 13.8 Å². The summed E-state index contributed by atoms with van der Waals surface area (Å²) >= 11 is 0. The highest BCUT2D eigenvalue weighted by molar-refractivity contribution is 5.97. The van der Waals surface area contributed by atoms with Gasteiger partial charge in [0.1, 0.15) is 19.0 Å². The molecule has 0 bridgehead atoms. The molecule has 9 N–H and O–H groups in total. The van der Waals surface area contributed by atoms with Crippen molar-refractivity contribution in [3.05, 3.63) is 0 Å². The molecule has 0 aromatic heterocycles. The SMILES string of the molecule is CN=C(N)CCCCCCC(=N)CC(CC=O)C(C)C/C=N/NC(=O)CC(=O)N/N=C/CC(C)C(CC=O)N=C(N)CCCCCCC(N)=NC. The normalized spacial score (nSPS) is 15.0. The van der Waals surface area contributed by atoms with E-state index < -0.39 is 18.2 Å². The number of unbranched alkanes of at least 4 members (excludes halogenated alkanes) is 6. The van der Waals surface area contributed by atoms with Crippen molar-refractivity contribution in [1.29, 1.82) is 5.41 Å². The molecule has 0 aliphatic rings. The third kappa shape index (κ3) is 26.2. The topological polar surface area (TPSA) is 256 Å². The zero-order valence-corrected chi connectivity index (χ0v) is 31.4. The standard InChI is InChI=1S/C36H65N11O4/c1-27(29(19-23-48)25-30(37)13-9-5-6-10-14-32(38)41-3)17-21-43-46-35(50)26-36(51)47-44-22-18-28(2)31(20-24-49)45-34(40)16-12-8-7-11-15-33(39)42-4/h21-24,27-29,31,37H,5-20,25-26H2,1-4H3,(H2,38,41)(H2,39,42)(H2,40,45)(H,46,50)(H,47,51)/b37-30?,43-21+,44-22+. The van der Waals surface area contributed by atoms with Gasteiger partial charge in [0, 0.05) is 64.3 Å². The van der Waals surface area contributed by atoms with Gasteiger partial charge in [0.2, 0.25) is 11.8 Å². The fourth-order valence-electron chi connectivity index (χ4n) is 5.28. The molecule has 0 aromatic rings. The summed E-state index contributed by atoms with van der Waals surface area (Å²) in [6.07, 6.45) is 17.2. The summed E-state index contributed by atoms with van der Waals surface area (Å²) in [5.41, 5.74) is 22.9. The Kier molecular flexibility index (Phi) is 27.9. The second-order valence-electron chi connectivity index (χ2n) is 13.1. The van der Waals surface area contributed by atoms with Crippen molar-refractivity contribution < 1.29 is 19.2 Å². The monoisotopic (exact) mass is 716 g/mol. The fourth-order valence-corrected chi connectivity index (χ4v) is 5.28. The lowest BCUT2D eigenvalue weighted by atomic mass is 9.84. The Balaban J connectivity index is 4.50. The molecule has 0 radical (unpaired) electrons. The molecule has 288 valence electrons. The maximum Gasteiger partial charge on any atom is 0.249 e. The van der Waals surface area contributed by atoms with E-state index in [0.717, 1.165) is 76.8 Å². The molecular weight excluding hydrogens is 650 g/mol. The third-order valence-electron chi connectivity index (χ3n) is 8.73. The predicted octanol–water partition coefficient (Wildman–Crippen LogP) is 4.22. The van der Waals surface area contributed by atoms with Crippen molar-refractivity contribution in [1.82, 2.24) is 10.9 Å². The number of nitrogens with two attached hydrogens (primary N) is 3. The average molecular weight is 716 g/mol. The van der Waals surface area contributed by atoms with Gasteiger partial charge in [-0.15, -0.1) is 0 Å². The van der Waals surface area contributed by atoms with Crippen LogP contribution in [0.2, 0.25) is 0 Å². The van der Waals surface area contributed by atoms with Crippen molar-refractivity contribution in [3.63, 3.8) is 0 Å². The molecule has 0 spiro atoms. The van der Waals surface area contributed by atoms with Crippen LogP contribution in [0.3, 0.4) is 0 Å². The molecular formula is C36H65N11O4. The number of carbonyl (C=O) groups excluding carboxylic acids is 4. The van der Waals surface area contributed by atoms with E-state index in [-0.39, 0.29) is 30.2 Å². The van der Waals surface area contributed by atoms with Crippen molar-refractivity contribution in [2.45, 2.75) is 135 Å². The minimum absolute atomic E-state index is 0.00865. The number of rotatable bonds is 31. The quantitative estimate of drug-likeness (QED) is 0.0152. The van der Waals surface area contributed by atoms with Gasteiger partial charge in [0.15, 0.2) is 0 Å². The maximum atomic E-state index is 12.2. The first-order valence-corrected chi connectivity index (χ1v) is 18.3. The van der Waals surface area contributed by atoms with E-state index in [0.29, 0.717) is 61.7 Å². The highest BCUT2D eigenvalue weighted by Crippen LogP contribution is 2.23. The first kappa shape index (κ1) is 46.7. The number of aliphatic imine (C=N–C) groups is 3. The molecule has 0 saturated carbocycles. The molecule has 4 atom stereocenters. The first-order chi connectivity index (χ1) is 24.5. The Morgan fingerprint density at radius 3 is 1.57 bits per heavy atom. The smallest absolute Gasteiger partial charge is 0.249 e. The van der Waals surface area contributed by atoms with Crippen LogP contribution in [-0.4, -0.2) is 80.2 Å². The zero-order chi connectivity index (χ0) is 38.3. The molecule has 15 heteroatoms. The van der Waals surface area contributed by atoms with Gasteiger partial charge in [-0.2, -0.15) is 10.2 Å². The lowest BCUT2D eigenvalue weighted by molar-refractivity contribution is -0.129. The van der Waals surface area contributed by atoms with E-state index in [9.17, 15) is 19.2 Å². The highest BCUT2D eigenvalue weighted by atomic mass is 16.2. The molecule has 0 rings (SSSR count). The van der Waals surface area contributed by atoms with E-state index in [1.54, 1.807) is 20.3 Å². The van der Waals surface area contributed by atoms with Gasteiger partial charge >= 0.3 is 0 Å². The van der Waals surface area contributed by atoms with Gasteiger partial charge in [0.05, 0.1) is 23.5 Å². The van der Waals surface area contributed by atoms with Crippen molar-refractivity contribution >= 4 is 60.0 Å². The number of amidine groups is 3. The molecule has 0 saturated heterocycles. The summed E-state index contributed by atoms with van der Waals surface area (Å²) in [5.74, 6) is 0.677. The largest absolute Gasteiger partial charge is 0.387 e. The molecule has 0 aliphatic heterocycles. The second kappa shape index (κ2) is 30.5. The number of carbonyl (C=O) groups is 4. The van der Waals surface area contributed by atoms with Crippen molar-refractivity contribution in [2.24, 2.45) is 60.1 Å². The van der Waals surface area contributed by atoms with Crippen LogP contribution < -0.4 is 28.1 Å². The lowest BCUT2D eigenvalue weighted by Gasteiger charge is -2.21. The summed E-state index contributed by atoms with van der Waals surface area (Å²) in [5, 5.41) is 16.2. The van der Waals surface area contributed by atoms with Crippen molar-refractivity contribution in [2.75, 3.05) is 14.1 Å². The fraction of sp³-hybridized carbons (Fsp3) is 0.722. The molecule has 4 unspecified atom stereocenters. The van der Waals surface area contributed by atoms with Crippen LogP contribution in [-0.2, 0) is 19.2 Å². The summed E-state index contributed by atoms with van der Waals surface area (Å²) in [6.45, 7) is 3.93. The predicted molar refractivity (Wildman–Crippen MR) is 209 cm³/mol. The molecule has 15 nitrogen and oxygen atoms in total. The molecule has 0 aliphatic carbocycles. The lowest BCUT2D eigenvalue weighted by Crippen LogP contribution is -2.27. The minimum Gasteiger partial charge on any atom is -0.387 e. The van der Waals surface area contributed by atoms with E-state index in [2.05, 4.69) is 36.0 Å². The van der Waals surface area contributed by atoms with Crippen LogP contribution in [0, 0.1) is 23.2 Å².